The molecule has 0 bridgehead atoms. The van der Waals surface area contributed by atoms with Gasteiger partial charge in [0.1, 0.15) is 12.6 Å². The van der Waals surface area contributed by atoms with E-state index in [1.165, 1.54) is 4.90 Å². The van der Waals surface area contributed by atoms with Crippen molar-refractivity contribution in [1.29, 1.82) is 0 Å². The first-order chi connectivity index (χ1) is 18.9. The van der Waals surface area contributed by atoms with Crippen molar-refractivity contribution in [1.82, 2.24) is 10.2 Å². The highest BCUT2D eigenvalue weighted by atomic mass is 35.5. The van der Waals surface area contributed by atoms with Gasteiger partial charge < -0.3 is 10.2 Å². The molecule has 3 aromatic rings. The van der Waals surface area contributed by atoms with Crippen LogP contribution < -0.4 is 9.62 Å². The molecule has 0 aliphatic rings. The summed E-state index contributed by atoms with van der Waals surface area (Å²) in [4.78, 5) is 29.0. The summed E-state index contributed by atoms with van der Waals surface area (Å²) in [6.07, 6.45) is 1.91. The van der Waals surface area contributed by atoms with Crippen LogP contribution in [-0.4, -0.2) is 50.5 Å². The van der Waals surface area contributed by atoms with Crippen molar-refractivity contribution in [3.05, 3.63) is 98.5 Å². The van der Waals surface area contributed by atoms with Gasteiger partial charge in [0.25, 0.3) is 0 Å². The molecule has 0 spiro atoms. The van der Waals surface area contributed by atoms with E-state index in [2.05, 4.69) is 5.32 Å². The number of carbonyl (C=O) groups excluding carboxylic acids is 2. The van der Waals surface area contributed by atoms with Crippen LogP contribution in [0.4, 0.5) is 5.69 Å². The Balaban J connectivity index is 2.12. The monoisotopic (exact) mass is 623 g/mol. The zero-order valence-electron chi connectivity index (χ0n) is 22.5. The molecule has 0 aromatic heterocycles. The van der Waals surface area contributed by atoms with Crippen molar-refractivity contribution < 1.29 is 18.0 Å². The average molecular weight is 625 g/mol. The van der Waals surface area contributed by atoms with Gasteiger partial charge in [0.15, 0.2) is 0 Å². The van der Waals surface area contributed by atoms with Crippen molar-refractivity contribution in [3.63, 3.8) is 0 Å². The van der Waals surface area contributed by atoms with Gasteiger partial charge in [-0.15, -0.1) is 0 Å². The number of rotatable bonds is 12. The number of anilines is 1. The van der Waals surface area contributed by atoms with Crippen LogP contribution in [0.2, 0.25) is 15.1 Å². The summed E-state index contributed by atoms with van der Waals surface area (Å²) in [5, 5.41) is 3.89. The molecule has 3 rings (SSSR count). The summed E-state index contributed by atoms with van der Waals surface area (Å²) in [6.45, 7) is 3.35. The average Bonchev–Trinajstić information content (AvgIpc) is 2.91. The molecule has 7 nitrogen and oxygen atoms in total. The van der Waals surface area contributed by atoms with Crippen LogP contribution >= 0.6 is 34.8 Å². The van der Waals surface area contributed by atoms with Crippen molar-refractivity contribution in [2.45, 2.75) is 39.3 Å². The number of benzene rings is 3. The lowest BCUT2D eigenvalue weighted by Crippen LogP contribution is -2.53. The molecular weight excluding hydrogens is 593 g/mol. The third-order valence-electron chi connectivity index (χ3n) is 6.40. The van der Waals surface area contributed by atoms with E-state index < -0.39 is 28.5 Å². The van der Waals surface area contributed by atoms with Crippen LogP contribution in [0.25, 0.3) is 0 Å². The summed E-state index contributed by atoms with van der Waals surface area (Å²) >= 11 is 19.2. The van der Waals surface area contributed by atoms with Gasteiger partial charge in [-0.1, -0.05) is 84.2 Å². The summed E-state index contributed by atoms with van der Waals surface area (Å²) in [7, 11) is -3.92. The van der Waals surface area contributed by atoms with E-state index in [1.807, 2.05) is 37.3 Å². The fourth-order valence-corrected chi connectivity index (χ4v) is 5.82. The molecule has 0 heterocycles. The third-order valence-corrected chi connectivity index (χ3v) is 8.64. The van der Waals surface area contributed by atoms with E-state index in [0.717, 1.165) is 16.1 Å². The topological polar surface area (TPSA) is 86.8 Å². The molecule has 0 saturated carbocycles. The van der Waals surface area contributed by atoms with Crippen molar-refractivity contribution in [2.24, 2.45) is 0 Å². The molecule has 0 aliphatic carbocycles. The Morgan fingerprint density at radius 2 is 1.50 bits per heavy atom. The summed E-state index contributed by atoms with van der Waals surface area (Å²) < 4.78 is 26.9. The summed E-state index contributed by atoms with van der Waals surface area (Å²) in [5.74, 6) is -0.972. The van der Waals surface area contributed by atoms with Gasteiger partial charge in [-0.2, -0.15) is 0 Å². The quantitative estimate of drug-likeness (QED) is 0.272. The Morgan fingerprint density at radius 1 is 0.900 bits per heavy atom. The first kappa shape index (κ1) is 31.7. The van der Waals surface area contributed by atoms with Gasteiger partial charge >= 0.3 is 0 Å². The number of halogens is 3. The van der Waals surface area contributed by atoms with Gasteiger partial charge in [-0.05, 0) is 48.7 Å². The molecule has 0 radical (unpaired) electrons. The van der Waals surface area contributed by atoms with Crippen molar-refractivity contribution in [2.75, 3.05) is 23.7 Å². The second-order valence-electron chi connectivity index (χ2n) is 9.37. The zero-order valence-corrected chi connectivity index (χ0v) is 25.6. The molecule has 0 unspecified atom stereocenters. The fraction of sp³-hybridized carbons (Fsp3) is 0.310. The van der Waals surface area contributed by atoms with Crippen molar-refractivity contribution in [3.8, 4) is 0 Å². The van der Waals surface area contributed by atoms with Gasteiger partial charge in [-0.3, -0.25) is 13.9 Å². The zero-order chi connectivity index (χ0) is 29.4. The third kappa shape index (κ3) is 8.13. The number of carbonyl (C=O) groups is 2. The Kier molecular flexibility index (Phi) is 11.3. The second-order valence-corrected chi connectivity index (χ2v) is 12.5. The maximum atomic E-state index is 14.1. The molecule has 2 amide bonds. The Hall–Kier alpha value is -2.78. The lowest BCUT2D eigenvalue weighted by molar-refractivity contribution is -0.140. The minimum absolute atomic E-state index is 0.111. The molecule has 214 valence electrons. The smallest absolute Gasteiger partial charge is 0.244 e. The second kappa shape index (κ2) is 14.2. The summed E-state index contributed by atoms with van der Waals surface area (Å²) in [5.41, 5.74) is 2.05. The number of hydrogen-bond donors (Lipinski definition) is 1. The number of nitrogens with zero attached hydrogens (tertiary/aromatic N) is 2. The minimum atomic E-state index is -3.92. The molecular formula is C29H32Cl3N3O4S. The summed E-state index contributed by atoms with van der Waals surface area (Å²) in [6, 6.07) is 18.1. The highest BCUT2D eigenvalue weighted by molar-refractivity contribution is 7.92. The van der Waals surface area contributed by atoms with Crippen LogP contribution in [0.5, 0.6) is 0 Å². The van der Waals surface area contributed by atoms with Gasteiger partial charge in [0.05, 0.1) is 11.9 Å². The van der Waals surface area contributed by atoms with Gasteiger partial charge in [0.2, 0.25) is 21.8 Å². The highest BCUT2D eigenvalue weighted by Crippen LogP contribution is 2.30. The van der Waals surface area contributed by atoms with E-state index in [9.17, 15) is 18.0 Å². The van der Waals surface area contributed by atoms with Crippen molar-refractivity contribution >= 4 is 62.3 Å². The Bertz CT molecular complexity index is 1430. The number of hydrogen-bond acceptors (Lipinski definition) is 4. The van der Waals surface area contributed by atoms with E-state index in [1.54, 1.807) is 43.3 Å². The molecule has 0 fully saturated rings. The normalized spacial score (nSPS) is 12.1. The van der Waals surface area contributed by atoms with Crippen LogP contribution in [0.15, 0.2) is 66.7 Å². The number of amides is 2. The molecule has 40 heavy (non-hydrogen) atoms. The van der Waals surface area contributed by atoms with Crippen LogP contribution in [0.1, 0.15) is 30.0 Å². The van der Waals surface area contributed by atoms with Crippen LogP contribution in [-0.2, 0) is 32.6 Å². The van der Waals surface area contributed by atoms with Gasteiger partial charge in [-0.25, -0.2) is 8.42 Å². The highest BCUT2D eigenvalue weighted by Gasteiger charge is 2.34. The Labute approximate surface area is 251 Å². The SMILES string of the molecule is CCCNC(=O)[C@@H](Cc1ccccc1)N(Cc1c(Cl)cccc1Cl)C(=O)CN(c1cccc(Cl)c1C)S(C)(=O)=O. The Morgan fingerprint density at radius 3 is 2.10 bits per heavy atom. The lowest BCUT2D eigenvalue weighted by atomic mass is 10.0. The van der Waals surface area contributed by atoms with E-state index in [-0.39, 0.29) is 24.6 Å². The minimum Gasteiger partial charge on any atom is -0.354 e. The first-order valence-corrected chi connectivity index (χ1v) is 15.7. The number of nitrogens with one attached hydrogen (secondary N) is 1. The van der Waals surface area contributed by atoms with Crippen LogP contribution in [0, 0.1) is 6.92 Å². The van der Waals surface area contributed by atoms with E-state index in [0.29, 0.717) is 39.2 Å². The molecule has 0 aliphatic heterocycles. The maximum absolute atomic E-state index is 14.1. The fourth-order valence-electron chi connectivity index (χ4n) is 4.23. The van der Waals surface area contributed by atoms with E-state index >= 15 is 0 Å². The largest absolute Gasteiger partial charge is 0.354 e. The predicted molar refractivity (Wildman–Crippen MR) is 163 cm³/mol. The molecule has 1 atom stereocenters. The van der Waals surface area contributed by atoms with Gasteiger partial charge in [0, 0.05) is 40.1 Å². The maximum Gasteiger partial charge on any atom is 0.244 e. The number of sulfonamides is 1. The molecule has 11 heteroatoms. The molecule has 3 aromatic carbocycles. The lowest BCUT2D eigenvalue weighted by Gasteiger charge is -2.34. The van der Waals surface area contributed by atoms with E-state index in [4.69, 9.17) is 34.8 Å². The van der Waals surface area contributed by atoms with Crippen LogP contribution in [0.3, 0.4) is 0 Å². The molecule has 0 saturated heterocycles. The first-order valence-electron chi connectivity index (χ1n) is 12.7. The standard InChI is InChI=1S/C29H32Cl3N3O4S/c1-4-16-33-29(37)27(17-21-10-6-5-7-11-21)34(18-22-24(31)13-8-14-25(22)32)28(36)19-35(40(3,38)39)26-15-9-12-23(30)20(26)2/h5-15,27H,4,16-19H2,1-3H3,(H,33,37)/t27-/m1/s1. The predicted octanol–water partition coefficient (Wildman–Crippen LogP) is 5.89. The molecule has 1 N–H and O–H groups in total.